The molecule has 1 heterocycles. The van der Waals surface area contributed by atoms with Crippen LogP contribution >= 0.6 is 11.6 Å². The number of rotatable bonds is 5. The predicted octanol–water partition coefficient (Wildman–Crippen LogP) is 2.06. The van der Waals surface area contributed by atoms with Crippen molar-refractivity contribution in [3.63, 3.8) is 0 Å². The lowest BCUT2D eigenvalue weighted by molar-refractivity contribution is 0.0696. The number of carboxylic acid groups (broad SMARTS) is 1. The van der Waals surface area contributed by atoms with E-state index in [2.05, 4.69) is 9.82 Å². The average molecular weight is 330 g/mol. The van der Waals surface area contributed by atoms with Gasteiger partial charge in [0.05, 0.1) is 22.5 Å². The lowest BCUT2D eigenvalue weighted by atomic mass is 10.2. The number of aryl methyl sites for hydroxylation is 1. The number of nitrogens with one attached hydrogen (secondary N) is 1. The fourth-order valence-electron chi connectivity index (χ4n) is 1.64. The number of sulfonamides is 1. The Morgan fingerprint density at radius 2 is 2.19 bits per heavy atom. The molecule has 112 valence electrons. The molecule has 0 fully saturated rings. The molecule has 21 heavy (non-hydrogen) atoms. The molecule has 0 radical (unpaired) electrons. The minimum absolute atomic E-state index is 0.0598. The van der Waals surface area contributed by atoms with Gasteiger partial charge in [-0.3, -0.25) is 9.40 Å². The van der Waals surface area contributed by atoms with Crippen LogP contribution < -0.4 is 4.72 Å². The van der Waals surface area contributed by atoms with Gasteiger partial charge in [0.2, 0.25) is 0 Å². The average Bonchev–Trinajstić information content (AvgIpc) is 2.85. The Kier molecular flexibility index (Phi) is 4.19. The van der Waals surface area contributed by atoms with Gasteiger partial charge in [-0.15, -0.1) is 0 Å². The molecule has 0 spiro atoms. The molecule has 1 aromatic heterocycles. The van der Waals surface area contributed by atoms with E-state index < -0.39 is 16.0 Å². The number of hydrogen-bond acceptors (Lipinski definition) is 4. The first kappa shape index (κ1) is 15.3. The van der Waals surface area contributed by atoms with Crippen molar-refractivity contribution < 1.29 is 18.3 Å². The lowest BCUT2D eigenvalue weighted by Crippen LogP contribution is -2.14. The molecule has 0 unspecified atom stereocenters. The maximum Gasteiger partial charge on any atom is 0.335 e. The number of halogens is 1. The molecule has 2 aromatic rings. The van der Waals surface area contributed by atoms with Crippen LogP contribution in [0, 0.1) is 0 Å². The third-order valence-electron chi connectivity index (χ3n) is 2.68. The van der Waals surface area contributed by atoms with Crippen LogP contribution in [0.1, 0.15) is 17.3 Å². The van der Waals surface area contributed by atoms with Gasteiger partial charge in [0.1, 0.15) is 4.90 Å². The zero-order valence-electron chi connectivity index (χ0n) is 10.9. The van der Waals surface area contributed by atoms with Crippen LogP contribution in [0.4, 0.5) is 5.69 Å². The highest BCUT2D eigenvalue weighted by Gasteiger charge is 2.20. The smallest absolute Gasteiger partial charge is 0.335 e. The maximum atomic E-state index is 12.3. The van der Waals surface area contributed by atoms with E-state index in [0.29, 0.717) is 6.54 Å². The number of aromatic nitrogens is 2. The van der Waals surface area contributed by atoms with Crippen molar-refractivity contribution in [3.05, 3.63) is 41.2 Å². The van der Waals surface area contributed by atoms with Gasteiger partial charge >= 0.3 is 5.97 Å². The molecular formula is C12H12ClN3O4S. The number of hydrogen-bond donors (Lipinski definition) is 2. The predicted molar refractivity (Wildman–Crippen MR) is 77.1 cm³/mol. The molecule has 0 atom stereocenters. The highest BCUT2D eigenvalue weighted by Crippen LogP contribution is 2.25. The summed E-state index contributed by atoms with van der Waals surface area (Å²) in [6.07, 6.45) is 2.88. The minimum atomic E-state index is -3.99. The monoisotopic (exact) mass is 329 g/mol. The van der Waals surface area contributed by atoms with Crippen LogP contribution in [0.2, 0.25) is 5.02 Å². The Bertz CT molecular complexity index is 786. The van der Waals surface area contributed by atoms with Crippen molar-refractivity contribution in [3.8, 4) is 0 Å². The van der Waals surface area contributed by atoms with Gasteiger partial charge in [-0.05, 0) is 25.1 Å². The summed E-state index contributed by atoms with van der Waals surface area (Å²) in [7, 11) is -3.99. The summed E-state index contributed by atoms with van der Waals surface area (Å²) < 4.78 is 28.4. The van der Waals surface area contributed by atoms with Crippen LogP contribution in [0.15, 0.2) is 35.5 Å². The van der Waals surface area contributed by atoms with E-state index >= 15 is 0 Å². The second-order valence-corrected chi connectivity index (χ2v) is 6.20. The SMILES string of the molecule is CCn1cc(NS(=O)(=O)c2cc(C(=O)O)ccc2Cl)cn1. The van der Waals surface area contributed by atoms with Crippen molar-refractivity contribution in [2.75, 3.05) is 4.72 Å². The molecule has 0 aliphatic heterocycles. The van der Waals surface area contributed by atoms with Gasteiger partial charge < -0.3 is 5.11 Å². The van der Waals surface area contributed by atoms with E-state index in [0.717, 1.165) is 6.07 Å². The first-order valence-electron chi connectivity index (χ1n) is 5.91. The second kappa shape index (κ2) is 5.74. The number of benzene rings is 1. The highest BCUT2D eigenvalue weighted by atomic mass is 35.5. The first-order valence-corrected chi connectivity index (χ1v) is 7.77. The number of nitrogens with zero attached hydrogens (tertiary/aromatic N) is 2. The molecule has 9 heteroatoms. The summed E-state index contributed by atoms with van der Waals surface area (Å²) in [4.78, 5) is 10.6. The van der Waals surface area contributed by atoms with Crippen LogP contribution in [0.25, 0.3) is 0 Å². The molecule has 0 saturated carbocycles. The van der Waals surface area contributed by atoms with Crippen molar-refractivity contribution in [2.45, 2.75) is 18.4 Å². The van der Waals surface area contributed by atoms with E-state index in [-0.39, 0.29) is 21.2 Å². The second-order valence-electron chi connectivity index (χ2n) is 4.14. The molecule has 1 aromatic carbocycles. The maximum absolute atomic E-state index is 12.3. The molecule has 2 N–H and O–H groups in total. The van der Waals surface area contributed by atoms with Crippen LogP contribution in [-0.4, -0.2) is 29.3 Å². The van der Waals surface area contributed by atoms with E-state index in [1.165, 1.54) is 24.5 Å². The van der Waals surface area contributed by atoms with Crippen LogP contribution in [0.5, 0.6) is 0 Å². The van der Waals surface area contributed by atoms with E-state index in [1.807, 2.05) is 6.92 Å². The molecule has 0 saturated heterocycles. The minimum Gasteiger partial charge on any atom is -0.478 e. The van der Waals surface area contributed by atoms with Crippen molar-refractivity contribution in [1.29, 1.82) is 0 Å². The first-order chi connectivity index (χ1) is 9.83. The summed E-state index contributed by atoms with van der Waals surface area (Å²) in [5.41, 5.74) is 0.109. The number of anilines is 1. The van der Waals surface area contributed by atoms with Gasteiger partial charge in [-0.1, -0.05) is 11.6 Å². The molecular weight excluding hydrogens is 318 g/mol. The zero-order valence-corrected chi connectivity index (χ0v) is 12.5. The summed E-state index contributed by atoms with van der Waals surface area (Å²) in [5.74, 6) is -1.23. The summed E-state index contributed by atoms with van der Waals surface area (Å²) in [6.45, 7) is 2.45. The number of aromatic carboxylic acids is 1. The quantitative estimate of drug-likeness (QED) is 0.874. The largest absolute Gasteiger partial charge is 0.478 e. The summed E-state index contributed by atoms with van der Waals surface area (Å²) in [6, 6.07) is 3.48. The van der Waals surface area contributed by atoms with Gasteiger partial charge in [0.25, 0.3) is 10.0 Å². The van der Waals surface area contributed by atoms with E-state index in [9.17, 15) is 13.2 Å². The molecule has 0 aliphatic rings. The van der Waals surface area contributed by atoms with Gasteiger partial charge in [0, 0.05) is 12.7 Å². The molecule has 7 nitrogen and oxygen atoms in total. The van der Waals surface area contributed by atoms with Gasteiger partial charge in [-0.25, -0.2) is 13.2 Å². The Morgan fingerprint density at radius 3 is 2.76 bits per heavy atom. The standard InChI is InChI=1S/C12H12ClN3O4S/c1-2-16-7-9(6-14-16)15-21(19,20)11-5-8(12(17)18)3-4-10(11)13/h3-7,15H,2H2,1H3,(H,17,18). The molecule has 0 bridgehead atoms. The Labute approximate surface area is 126 Å². The third kappa shape index (κ3) is 3.34. The highest BCUT2D eigenvalue weighted by molar-refractivity contribution is 7.92. The molecule has 0 amide bonds. The zero-order chi connectivity index (χ0) is 15.6. The summed E-state index contributed by atoms with van der Waals surface area (Å²) in [5, 5.41) is 12.8. The molecule has 0 aliphatic carbocycles. The van der Waals surface area contributed by atoms with Crippen molar-refractivity contribution in [1.82, 2.24) is 9.78 Å². The fourth-order valence-corrected chi connectivity index (χ4v) is 3.20. The Hall–Kier alpha value is -2.06. The summed E-state index contributed by atoms with van der Waals surface area (Å²) >= 11 is 5.85. The van der Waals surface area contributed by atoms with Gasteiger partial charge in [0.15, 0.2) is 0 Å². The van der Waals surface area contributed by atoms with Crippen molar-refractivity contribution >= 4 is 33.3 Å². The fraction of sp³-hybridized carbons (Fsp3) is 0.167. The number of carbonyl (C=O) groups is 1. The lowest BCUT2D eigenvalue weighted by Gasteiger charge is -2.08. The van der Waals surface area contributed by atoms with Crippen LogP contribution in [0.3, 0.4) is 0 Å². The van der Waals surface area contributed by atoms with E-state index in [1.54, 1.807) is 4.68 Å². The molecule has 2 rings (SSSR count). The topological polar surface area (TPSA) is 101 Å². The van der Waals surface area contributed by atoms with Crippen LogP contribution in [-0.2, 0) is 16.6 Å². The van der Waals surface area contributed by atoms with E-state index in [4.69, 9.17) is 16.7 Å². The van der Waals surface area contributed by atoms with Gasteiger partial charge in [-0.2, -0.15) is 5.10 Å². The number of carboxylic acids is 1. The third-order valence-corrected chi connectivity index (χ3v) is 4.54. The Balaban J connectivity index is 2.39. The normalized spacial score (nSPS) is 11.3. The van der Waals surface area contributed by atoms with Crippen molar-refractivity contribution in [2.24, 2.45) is 0 Å². The Morgan fingerprint density at radius 1 is 1.48 bits per heavy atom.